The van der Waals surface area contributed by atoms with Gasteiger partial charge in [-0.1, -0.05) is 26.0 Å². The van der Waals surface area contributed by atoms with Gasteiger partial charge in [0, 0.05) is 18.9 Å². The lowest BCUT2D eigenvalue weighted by atomic mass is 10.1. The summed E-state index contributed by atoms with van der Waals surface area (Å²) in [5.41, 5.74) is 1.17. The van der Waals surface area contributed by atoms with Gasteiger partial charge in [-0.2, -0.15) is 0 Å². The lowest BCUT2D eigenvalue weighted by molar-refractivity contribution is -0.137. The smallest absolute Gasteiger partial charge is 0.303 e. The highest BCUT2D eigenvalue weighted by Crippen LogP contribution is 2.51. The Balaban J connectivity index is 1.70. The van der Waals surface area contributed by atoms with Gasteiger partial charge in [-0.25, -0.2) is 0 Å². The first kappa shape index (κ1) is 16.3. The predicted molar refractivity (Wildman–Crippen MR) is 82.5 cm³/mol. The molecule has 1 aliphatic rings. The Kier molecular flexibility index (Phi) is 5.06. The van der Waals surface area contributed by atoms with E-state index in [0.29, 0.717) is 25.3 Å². The first-order valence-corrected chi connectivity index (χ1v) is 7.60. The number of rotatable bonds is 8. The zero-order chi connectivity index (χ0) is 16.2. The first-order chi connectivity index (χ1) is 10.4. The lowest BCUT2D eigenvalue weighted by Gasteiger charge is -2.08. The van der Waals surface area contributed by atoms with Crippen molar-refractivity contribution in [2.75, 3.05) is 6.61 Å². The molecule has 1 fully saturated rings. The Morgan fingerprint density at radius 1 is 1.32 bits per heavy atom. The summed E-state index contributed by atoms with van der Waals surface area (Å²) in [5, 5.41) is 11.5. The molecule has 1 atom stereocenters. The first-order valence-electron chi connectivity index (χ1n) is 7.60. The minimum absolute atomic E-state index is 0.113. The molecule has 1 aromatic rings. The van der Waals surface area contributed by atoms with Crippen LogP contribution in [0, 0.1) is 11.3 Å². The highest BCUT2D eigenvalue weighted by Gasteiger charge is 2.50. The molecule has 0 aromatic heterocycles. The Morgan fingerprint density at radius 3 is 2.50 bits per heavy atom. The van der Waals surface area contributed by atoms with Crippen molar-refractivity contribution in [1.82, 2.24) is 5.32 Å². The monoisotopic (exact) mass is 305 g/mol. The molecule has 2 rings (SSSR count). The lowest BCUT2D eigenvalue weighted by Crippen LogP contribution is -2.25. The van der Waals surface area contributed by atoms with Crippen LogP contribution in [0.1, 0.15) is 38.7 Å². The number of carboxylic acids is 1. The van der Waals surface area contributed by atoms with Gasteiger partial charge < -0.3 is 15.2 Å². The Labute approximate surface area is 130 Å². The standard InChI is InChI=1S/C17H23NO4/c1-17(2)10-14(17)16(21)18-11-12-5-7-13(8-6-12)22-9-3-4-15(19)20/h5-8,14H,3-4,9-11H2,1-2H3,(H,18,21)(H,19,20). The zero-order valence-electron chi connectivity index (χ0n) is 13.1. The van der Waals surface area contributed by atoms with Crippen LogP contribution in [0.4, 0.5) is 0 Å². The van der Waals surface area contributed by atoms with Crippen molar-refractivity contribution in [2.45, 2.75) is 39.7 Å². The van der Waals surface area contributed by atoms with Gasteiger partial charge in [0.25, 0.3) is 0 Å². The van der Waals surface area contributed by atoms with Gasteiger partial charge >= 0.3 is 5.97 Å². The normalized spacial score (nSPS) is 18.5. The molecule has 0 heterocycles. The zero-order valence-corrected chi connectivity index (χ0v) is 13.1. The third-order valence-electron chi connectivity index (χ3n) is 4.02. The summed E-state index contributed by atoms with van der Waals surface area (Å²) >= 11 is 0. The van der Waals surface area contributed by atoms with Crippen LogP contribution in [-0.4, -0.2) is 23.6 Å². The van der Waals surface area contributed by atoms with E-state index >= 15 is 0 Å². The summed E-state index contributed by atoms with van der Waals surface area (Å²) in [4.78, 5) is 22.3. The van der Waals surface area contributed by atoms with E-state index in [4.69, 9.17) is 9.84 Å². The van der Waals surface area contributed by atoms with E-state index in [0.717, 1.165) is 12.0 Å². The highest BCUT2D eigenvalue weighted by atomic mass is 16.5. The van der Waals surface area contributed by atoms with Gasteiger partial charge in [-0.3, -0.25) is 9.59 Å². The number of carbonyl (C=O) groups excluding carboxylic acids is 1. The maximum absolute atomic E-state index is 11.9. The van der Waals surface area contributed by atoms with Crippen molar-refractivity contribution in [1.29, 1.82) is 0 Å². The fourth-order valence-corrected chi connectivity index (χ4v) is 2.34. The molecule has 5 heteroatoms. The molecule has 0 spiro atoms. The summed E-state index contributed by atoms with van der Waals surface area (Å²) < 4.78 is 5.46. The molecular formula is C17H23NO4. The number of amides is 1. The molecule has 22 heavy (non-hydrogen) atoms. The van der Waals surface area contributed by atoms with Gasteiger partial charge in [0.05, 0.1) is 6.61 Å². The van der Waals surface area contributed by atoms with Crippen LogP contribution in [-0.2, 0) is 16.1 Å². The van der Waals surface area contributed by atoms with Crippen LogP contribution >= 0.6 is 0 Å². The van der Waals surface area contributed by atoms with Gasteiger partial charge in [-0.05, 0) is 36.0 Å². The number of nitrogens with one attached hydrogen (secondary N) is 1. The van der Waals surface area contributed by atoms with Gasteiger partial charge in [0.1, 0.15) is 5.75 Å². The van der Waals surface area contributed by atoms with Crippen LogP contribution in [0.25, 0.3) is 0 Å². The molecule has 1 saturated carbocycles. The molecule has 0 radical (unpaired) electrons. The van der Waals surface area contributed by atoms with E-state index in [1.807, 2.05) is 24.3 Å². The van der Waals surface area contributed by atoms with Crippen LogP contribution in [0.3, 0.4) is 0 Å². The Morgan fingerprint density at radius 2 is 1.95 bits per heavy atom. The van der Waals surface area contributed by atoms with Crippen molar-refractivity contribution < 1.29 is 19.4 Å². The Hall–Kier alpha value is -2.04. The van der Waals surface area contributed by atoms with Crippen molar-refractivity contribution in [3.05, 3.63) is 29.8 Å². The molecule has 1 aromatic carbocycles. The molecule has 2 N–H and O–H groups in total. The maximum Gasteiger partial charge on any atom is 0.303 e. The molecular weight excluding hydrogens is 282 g/mol. The third kappa shape index (κ3) is 4.76. The number of aliphatic carboxylic acids is 1. The molecule has 1 unspecified atom stereocenters. The number of ether oxygens (including phenoxy) is 1. The number of hydrogen-bond donors (Lipinski definition) is 2. The van der Waals surface area contributed by atoms with Crippen molar-refractivity contribution in [3.63, 3.8) is 0 Å². The summed E-state index contributed by atoms with van der Waals surface area (Å²) in [6.07, 6.45) is 1.56. The number of benzene rings is 1. The van der Waals surface area contributed by atoms with Crippen LogP contribution in [0.5, 0.6) is 5.75 Å². The van der Waals surface area contributed by atoms with Gasteiger partial charge in [0.15, 0.2) is 0 Å². The Bertz CT molecular complexity index is 536. The average Bonchev–Trinajstić information content (AvgIpc) is 3.11. The van der Waals surface area contributed by atoms with Crippen LogP contribution in [0.15, 0.2) is 24.3 Å². The second kappa shape index (κ2) is 6.81. The van der Waals surface area contributed by atoms with Crippen molar-refractivity contribution >= 4 is 11.9 Å². The van der Waals surface area contributed by atoms with E-state index in [2.05, 4.69) is 19.2 Å². The fraction of sp³-hybridized carbons (Fsp3) is 0.529. The minimum Gasteiger partial charge on any atom is -0.494 e. The summed E-state index contributed by atoms with van der Waals surface area (Å²) in [6.45, 7) is 5.12. The second-order valence-electron chi connectivity index (χ2n) is 6.45. The fourth-order valence-electron chi connectivity index (χ4n) is 2.34. The highest BCUT2D eigenvalue weighted by molar-refractivity contribution is 5.82. The number of carbonyl (C=O) groups is 2. The quantitative estimate of drug-likeness (QED) is 0.724. The van der Waals surface area contributed by atoms with Gasteiger partial charge in [-0.15, -0.1) is 0 Å². The molecule has 0 aliphatic heterocycles. The minimum atomic E-state index is -0.812. The molecule has 0 saturated heterocycles. The van der Waals surface area contributed by atoms with E-state index in [-0.39, 0.29) is 23.7 Å². The van der Waals surface area contributed by atoms with Crippen molar-refractivity contribution in [2.24, 2.45) is 11.3 Å². The van der Waals surface area contributed by atoms with Gasteiger partial charge in [0.2, 0.25) is 5.91 Å². The van der Waals surface area contributed by atoms with Crippen LogP contribution in [0.2, 0.25) is 0 Å². The maximum atomic E-state index is 11.9. The summed E-state index contributed by atoms with van der Waals surface area (Å²) in [5.74, 6) is 0.167. The van der Waals surface area contributed by atoms with Crippen LogP contribution < -0.4 is 10.1 Å². The van der Waals surface area contributed by atoms with E-state index in [1.165, 1.54) is 0 Å². The SMILES string of the molecule is CC1(C)CC1C(=O)NCc1ccc(OCCCC(=O)O)cc1. The van der Waals surface area contributed by atoms with Crippen molar-refractivity contribution in [3.8, 4) is 5.75 Å². The number of carboxylic acid groups (broad SMARTS) is 1. The molecule has 120 valence electrons. The molecule has 5 nitrogen and oxygen atoms in total. The molecule has 1 amide bonds. The summed E-state index contributed by atoms with van der Waals surface area (Å²) in [6, 6.07) is 7.49. The number of hydrogen-bond acceptors (Lipinski definition) is 3. The average molecular weight is 305 g/mol. The summed E-state index contributed by atoms with van der Waals surface area (Å²) in [7, 11) is 0. The molecule has 0 bridgehead atoms. The van der Waals surface area contributed by atoms with E-state index in [9.17, 15) is 9.59 Å². The second-order valence-corrected chi connectivity index (χ2v) is 6.45. The third-order valence-corrected chi connectivity index (χ3v) is 4.02. The molecule has 1 aliphatic carbocycles. The van der Waals surface area contributed by atoms with E-state index < -0.39 is 5.97 Å². The predicted octanol–water partition coefficient (Wildman–Crippen LogP) is 2.59. The topological polar surface area (TPSA) is 75.6 Å². The largest absolute Gasteiger partial charge is 0.494 e. The van der Waals surface area contributed by atoms with E-state index in [1.54, 1.807) is 0 Å².